The number of hydrogen-bond donors (Lipinski definition) is 0. The molecule has 68 heavy (non-hydrogen) atoms. The van der Waals surface area contributed by atoms with Gasteiger partial charge in [0.2, 0.25) is 22.8 Å². The maximum absolute atomic E-state index is 9.72. The maximum atomic E-state index is 9.72. The predicted molar refractivity (Wildman–Crippen MR) is 307 cm³/mol. The number of hydrogen-bond acceptors (Lipinski definition) is 0. The SMILES string of the molecule is CC.CC.CC.CC.CC.CC.CC.CC.[2H]C1=C([2H])c2c(-c3ccccc3)c3c([2H])c([2H])c(c(-c4ccccc4)c4[n+](C)c(c(-c5ccccc5)c5c([2H])c([2H])c(c(-c6ccccc6)c1[n+]2C)n5C)C([2H])=C4[2H])n3C. The van der Waals surface area contributed by atoms with Crippen molar-refractivity contribution < 1.29 is 20.1 Å². The molecule has 0 radical (unpaired) electrons. The summed E-state index contributed by atoms with van der Waals surface area (Å²) >= 11 is 0. The maximum Gasteiger partial charge on any atom is 0.215 e. The molecule has 0 unspecified atom stereocenters. The van der Waals surface area contributed by atoms with Gasteiger partial charge in [-0.05, 0) is 46.4 Å². The molecule has 2 aliphatic rings. The van der Waals surface area contributed by atoms with E-state index < -0.39 is 0 Å². The molecule has 0 N–H and O–H groups in total. The van der Waals surface area contributed by atoms with Gasteiger partial charge in [-0.15, -0.1) is 0 Å². The summed E-state index contributed by atoms with van der Waals surface area (Å²) in [6, 6.07) is 36.8. The highest BCUT2D eigenvalue weighted by Crippen LogP contribution is 2.38. The largest absolute Gasteiger partial charge is 0.343 e. The van der Waals surface area contributed by atoms with E-state index in [-0.39, 0.29) is 48.4 Å². The topological polar surface area (TPSA) is 17.6 Å². The molecule has 0 saturated heterocycles. The van der Waals surface area contributed by atoms with Crippen LogP contribution in [-0.2, 0) is 28.2 Å². The Morgan fingerprint density at radius 1 is 0.294 bits per heavy atom. The third kappa shape index (κ3) is 12.9. The first-order valence-corrected chi connectivity index (χ1v) is 25.2. The predicted octanol–water partition coefficient (Wildman–Crippen LogP) is 18.4. The van der Waals surface area contributed by atoms with E-state index in [4.69, 9.17) is 0 Å². The highest BCUT2D eigenvalue weighted by molar-refractivity contribution is 5.98. The van der Waals surface area contributed by atoms with Crippen LogP contribution in [0.15, 0.2) is 145 Å². The molecule has 2 aliphatic heterocycles. The molecule has 4 nitrogen and oxygen atoms in total. The Morgan fingerprint density at radius 2 is 0.456 bits per heavy atom. The van der Waals surface area contributed by atoms with Gasteiger partial charge in [0, 0.05) is 38.3 Å². The van der Waals surface area contributed by atoms with Crippen molar-refractivity contribution in [2.24, 2.45) is 28.2 Å². The molecule has 5 heterocycles. The Hall–Kier alpha value is -6.52. The fourth-order valence-electron chi connectivity index (χ4n) is 7.39. The van der Waals surface area contributed by atoms with Gasteiger partial charge in [-0.2, -0.15) is 9.13 Å². The summed E-state index contributed by atoms with van der Waals surface area (Å²) in [5, 5.41) is 0. The van der Waals surface area contributed by atoms with Crippen LogP contribution in [0.5, 0.6) is 0 Å². The van der Waals surface area contributed by atoms with Gasteiger partial charge < -0.3 is 9.13 Å². The summed E-state index contributed by atoms with van der Waals surface area (Å²) in [6.07, 6.45) is 0. The molecule has 0 saturated carbocycles. The lowest BCUT2D eigenvalue weighted by molar-refractivity contribution is -0.671. The van der Waals surface area contributed by atoms with Crippen molar-refractivity contribution in [1.82, 2.24) is 9.13 Å². The van der Waals surface area contributed by atoms with Gasteiger partial charge in [-0.3, -0.25) is 0 Å². The molecule has 4 aromatic carbocycles. The molecule has 0 spiro atoms. The van der Waals surface area contributed by atoms with Crippen LogP contribution >= 0.6 is 0 Å². The van der Waals surface area contributed by atoms with Crippen molar-refractivity contribution in [1.29, 1.82) is 0 Å². The third-order valence-corrected chi connectivity index (χ3v) is 10.0. The zero-order chi connectivity index (χ0) is 58.3. The zero-order valence-electron chi connectivity index (χ0n) is 53.3. The Kier molecular flexibility index (Phi) is 22.1. The van der Waals surface area contributed by atoms with Crippen molar-refractivity contribution >= 4 is 46.3 Å². The van der Waals surface area contributed by atoms with E-state index >= 15 is 0 Å². The van der Waals surface area contributed by atoms with Gasteiger partial charge in [0.25, 0.3) is 0 Å². The third-order valence-electron chi connectivity index (χ3n) is 10.0. The molecule has 3 aromatic heterocycles. The minimum absolute atomic E-state index is 0.104. The first-order valence-electron chi connectivity index (χ1n) is 29.2. The van der Waals surface area contributed by atoms with Crippen molar-refractivity contribution in [3.63, 3.8) is 0 Å². The molecule has 0 amide bonds. The lowest BCUT2D eigenvalue weighted by Crippen LogP contribution is -2.33. The van der Waals surface area contributed by atoms with E-state index in [1.54, 1.807) is 46.5 Å². The lowest BCUT2D eigenvalue weighted by Gasteiger charge is -2.10. The molecule has 0 fully saturated rings. The Labute approximate surface area is 425 Å². The lowest BCUT2D eigenvalue weighted by atomic mass is 10.0. The number of benzene rings is 4. The van der Waals surface area contributed by atoms with Crippen molar-refractivity contribution in [3.8, 4) is 44.5 Å². The smallest absolute Gasteiger partial charge is 0.215 e. The normalized spacial score (nSPS) is 12.2. The highest BCUT2D eigenvalue weighted by Gasteiger charge is 2.29. The van der Waals surface area contributed by atoms with Crippen LogP contribution in [0, 0.1) is 0 Å². The molecule has 4 heteroatoms. The van der Waals surface area contributed by atoms with E-state index in [0.717, 1.165) is 0 Å². The Morgan fingerprint density at radius 3 is 0.618 bits per heavy atom. The average Bonchev–Trinajstić information content (AvgIpc) is 4.03. The second-order valence-electron chi connectivity index (χ2n) is 13.0. The quantitative estimate of drug-likeness (QED) is 0.157. The molecule has 0 aliphatic carbocycles. The van der Waals surface area contributed by atoms with Crippen molar-refractivity contribution in [2.75, 3.05) is 0 Å². The summed E-state index contributed by atoms with van der Waals surface area (Å²) in [6.45, 7) is 32.0. The molecule has 362 valence electrons. The molecule has 0 atom stereocenters. The fraction of sp³-hybridized carbons (Fsp3) is 0.312. The van der Waals surface area contributed by atoms with E-state index in [1.165, 1.54) is 0 Å². The summed E-state index contributed by atoms with van der Waals surface area (Å²) < 4.78 is 84.9. The van der Waals surface area contributed by atoms with E-state index in [0.29, 0.717) is 89.4 Å². The summed E-state index contributed by atoms with van der Waals surface area (Å²) in [7, 11) is 7.14. The minimum Gasteiger partial charge on any atom is -0.343 e. The Balaban J connectivity index is 0.00000166. The molecular weight excluding hydrogens is 825 g/mol. The molecule has 9 rings (SSSR count). The molecule has 7 aromatic rings. The van der Waals surface area contributed by atoms with Crippen molar-refractivity contribution in [2.45, 2.75) is 111 Å². The second kappa shape index (κ2) is 32.2. The number of rotatable bonds is 4. The molecular formula is C64H88N4+2. The number of nitrogens with zero attached hydrogens (tertiary/aromatic N) is 4. The highest BCUT2D eigenvalue weighted by atomic mass is 15.0. The fourth-order valence-corrected chi connectivity index (χ4v) is 7.39. The van der Waals surface area contributed by atoms with Gasteiger partial charge in [0.05, 0.1) is 55.3 Å². The number of aromatic nitrogens is 4. The van der Waals surface area contributed by atoms with Crippen LogP contribution in [0.2, 0.25) is 0 Å². The van der Waals surface area contributed by atoms with E-state index in [1.807, 2.05) is 232 Å². The number of fused-ring (bicyclic) bond motifs is 8. The van der Waals surface area contributed by atoms with Crippen LogP contribution in [-0.4, -0.2) is 9.13 Å². The summed E-state index contributed by atoms with van der Waals surface area (Å²) in [5.41, 5.74) is 7.18. The van der Waals surface area contributed by atoms with Crippen LogP contribution in [0.25, 0.3) is 90.8 Å². The van der Waals surface area contributed by atoms with Crippen LogP contribution < -0.4 is 9.13 Å². The van der Waals surface area contributed by atoms with Gasteiger partial charge in [-0.25, -0.2) is 0 Å². The second-order valence-corrected chi connectivity index (χ2v) is 13.0. The van der Waals surface area contributed by atoms with Gasteiger partial charge >= 0.3 is 0 Å². The van der Waals surface area contributed by atoms with Crippen LogP contribution in [0.4, 0.5) is 0 Å². The van der Waals surface area contributed by atoms with Crippen molar-refractivity contribution in [3.05, 3.63) is 168 Å². The zero-order valence-corrected chi connectivity index (χ0v) is 45.3. The monoisotopic (exact) mass is 921 g/mol. The first kappa shape index (κ1) is 46.6. The minimum atomic E-state index is -0.104. The van der Waals surface area contributed by atoms with Crippen LogP contribution in [0.3, 0.4) is 0 Å². The van der Waals surface area contributed by atoms with Gasteiger partial charge in [0.1, 0.15) is 14.1 Å². The average molecular weight is 921 g/mol. The molecule has 8 bridgehead atoms. The number of aryl methyl sites for hydroxylation is 2. The standard InChI is InChI=1S/C48H40N4.8C2H6/c1-49-37-25-26-38(49)46(34-19-11-6-12-20-34)40-28-30-42(51(40)3)48(36-23-15-8-16-24-36)44-32-31-43(52(44)4)47(35-21-13-7-14-22-35)41-29-27-39(50(41)2)45(37)33-17-9-5-10-18-33;8*1-2/h5-32H,1-4H3;8*1-2H3/q+2;;;;;;;;/i25D,26D,27D,28D,29D,30D,31D,32D;;;;;;;;. The van der Waals surface area contributed by atoms with E-state index in [2.05, 4.69) is 0 Å². The first-order chi connectivity index (χ1) is 36.9. The van der Waals surface area contributed by atoms with Gasteiger partial charge in [0.15, 0.2) is 0 Å². The van der Waals surface area contributed by atoms with E-state index in [9.17, 15) is 11.0 Å². The van der Waals surface area contributed by atoms with Gasteiger partial charge in [-0.1, -0.05) is 232 Å². The Bertz CT molecular complexity index is 2770. The van der Waals surface area contributed by atoms with Crippen LogP contribution in [0.1, 0.15) is 145 Å². The summed E-state index contributed by atoms with van der Waals surface area (Å²) in [5.74, 6) is 0. The summed E-state index contributed by atoms with van der Waals surface area (Å²) in [4.78, 5) is 0.